The Morgan fingerprint density at radius 1 is 1.14 bits per heavy atom. The van der Waals surface area contributed by atoms with E-state index in [0.717, 1.165) is 59.3 Å². The standard InChI is InChI=1S/C33H34F2N6O2/c1-40-27-4-2-3-23(27)29-22(9-12-36-31(29)40)21-5-7-25(30-24(21)15-37-32(30)42)38-28-8-6-20(19-10-14-43-17-19)26(39-28)16-41-13-11-33(34,35)18-41/h5-9,12,19H,2-4,10-11,13-18H2,1H3,(H,37,42)(H,38,39)/t19-/m0/s1. The lowest BCUT2D eigenvalue weighted by Gasteiger charge is -2.21. The van der Waals surface area contributed by atoms with Crippen LogP contribution in [0, 0.1) is 0 Å². The third kappa shape index (κ3) is 4.50. The number of carbonyl (C=O) groups is 1. The predicted molar refractivity (Wildman–Crippen MR) is 160 cm³/mol. The molecule has 0 saturated carbocycles. The summed E-state index contributed by atoms with van der Waals surface area (Å²) in [5, 5.41) is 7.62. The van der Waals surface area contributed by atoms with E-state index in [1.54, 1.807) is 4.90 Å². The number of aromatic nitrogens is 3. The molecule has 0 radical (unpaired) electrons. The van der Waals surface area contributed by atoms with Gasteiger partial charge in [0.25, 0.3) is 11.8 Å². The average molecular weight is 585 g/mol. The van der Waals surface area contributed by atoms with E-state index in [9.17, 15) is 13.6 Å². The molecule has 43 heavy (non-hydrogen) atoms. The van der Waals surface area contributed by atoms with Crippen LogP contribution in [0.5, 0.6) is 0 Å². The zero-order valence-electron chi connectivity index (χ0n) is 24.2. The topological polar surface area (TPSA) is 84.3 Å². The molecule has 0 spiro atoms. The zero-order chi connectivity index (χ0) is 29.3. The van der Waals surface area contributed by atoms with Gasteiger partial charge in [-0.2, -0.15) is 0 Å². The van der Waals surface area contributed by atoms with Crippen LogP contribution in [0.4, 0.5) is 20.3 Å². The molecule has 1 aromatic carbocycles. The van der Waals surface area contributed by atoms with Gasteiger partial charge in [0.15, 0.2) is 0 Å². The molecule has 4 aliphatic rings. The van der Waals surface area contributed by atoms with Gasteiger partial charge in [-0.15, -0.1) is 0 Å². The zero-order valence-corrected chi connectivity index (χ0v) is 24.2. The first-order valence-corrected chi connectivity index (χ1v) is 15.2. The summed E-state index contributed by atoms with van der Waals surface area (Å²) in [5.74, 6) is -2.00. The van der Waals surface area contributed by atoms with Crippen molar-refractivity contribution in [3.63, 3.8) is 0 Å². The van der Waals surface area contributed by atoms with Gasteiger partial charge in [0.2, 0.25) is 0 Å². The van der Waals surface area contributed by atoms with Crippen LogP contribution in [0.2, 0.25) is 0 Å². The van der Waals surface area contributed by atoms with Crippen LogP contribution in [0.15, 0.2) is 36.5 Å². The van der Waals surface area contributed by atoms with Gasteiger partial charge in [-0.05, 0) is 71.7 Å². The predicted octanol–water partition coefficient (Wildman–Crippen LogP) is 5.46. The smallest absolute Gasteiger partial charge is 0.261 e. The van der Waals surface area contributed by atoms with E-state index in [2.05, 4.69) is 34.4 Å². The molecule has 222 valence electrons. The Hall–Kier alpha value is -3.89. The van der Waals surface area contributed by atoms with Crippen molar-refractivity contribution in [2.45, 2.75) is 57.0 Å². The lowest BCUT2D eigenvalue weighted by molar-refractivity contribution is 0.0113. The number of benzene rings is 1. The maximum Gasteiger partial charge on any atom is 0.261 e. The molecule has 2 saturated heterocycles. The van der Waals surface area contributed by atoms with Crippen molar-refractivity contribution >= 4 is 28.4 Å². The number of nitrogens with one attached hydrogen (secondary N) is 2. The number of amides is 1. The van der Waals surface area contributed by atoms with E-state index in [0.29, 0.717) is 49.9 Å². The number of alkyl halides is 2. The third-order valence-corrected chi connectivity index (χ3v) is 9.66. The lowest BCUT2D eigenvalue weighted by atomic mass is 9.93. The summed E-state index contributed by atoms with van der Waals surface area (Å²) in [6.07, 6.45) is 5.86. The quantitative estimate of drug-likeness (QED) is 0.313. The molecule has 2 N–H and O–H groups in total. The van der Waals surface area contributed by atoms with E-state index >= 15 is 0 Å². The highest BCUT2D eigenvalue weighted by Gasteiger charge is 2.38. The molecule has 1 amide bonds. The third-order valence-electron chi connectivity index (χ3n) is 9.66. The van der Waals surface area contributed by atoms with E-state index in [1.165, 1.54) is 16.6 Å². The number of halogens is 2. The van der Waals surface area contributed by atoms with Crippen molar-refractivity contribution in [1.82, 2.24) is 24.8 Å². The largest absolute Gasteiger partial charge is 0.381 e. The Balaban J connectivity index is 1.17. The minimum absolute atomic E-state index is 0.123. The van der Waals surface area contributed by atoms with Crippen LogP contribution in [0.1, 0.15) is 63.6 Å². The van der Waals surface area contributed by atoms with Crippen LogP contribution in [0.3, 0.4) is 0 Å². The normalized spacial score (nSPS) is 21.0. The van der Waals surface area contributed by atoms with E-state index in [-0.39, 0.29) is 24.8 Å². The molecule has 6 heterocycles. The highest BCUT2D eigenvalue weighted by molar-refractivity contribution is 6.08. The first kappa shape index (κ1) is 26.7. The molecule has 8 nitrogen and oxygen atoms in total. The molecular formula is C33H34F2N6O2. The minimum atomic E-state index is -2.66. The number of carbonyl (C=O) groups excluding carboxylic acids is 1. The Morgan fingerprint density at radius 3 is 2.86 bits per heavy atom. The molecule has 1 aliphatic carbocycles. The Labute approximate surface area is 248 Å². The number of pyridine rings is 2. The van der Waals surface area contributed by atoms with Gasteiger partial charge in [0.05, 0.1) is 30.1 Å². The number of hydrogen-bond donors (Lipinski definition) is 2. The van der Waals surface area contributed by atoms with Crippen molar-refractivity contribution in [3.8, 4) is 11.1 Å². The fourth-order valence-electron chi connectivity index (χ4n) is 7.58. The number of hydrogen-bond acceptors (Lipinski definition) is 6. The van der Waals surface area contributed by atoms with Crippen LogP contribution in [-0.2, 0) is 37.7 Å². The maximum absolute atomic E-state index is 14.0. The average Bonchev–Trinajstić information content (AvgIpc) is 3.82. The first-order valence-electron chi connectivity index (χ1n) is 15.2. The van der Waals surface area contributed by atoms with Crippen LogP contribution < -0.4 is 10.6 Å². The number of ether oxygens (including phenoxy) is 1. The summed E-state index contributed by atoms with van der Waals surface area (Å²) in [5.41, 5.74) is 9.93. The van der Waals surface area contributed by atoms with Gasteiger partial charge >= 0.3 is 0 Å². The van der Waals surface area contributed by atoms with Crippen LogP contribution in [0.25, 0.3) is 22.2 Å². The van der Waals surface area contributed by atoms with Gasteiger partial charge < -0.3 is 19.9 Å². The summed E-state index contributed by atoms with van der Waals surface area (Å²) >= 11 is 0. The number of anilines is 2. The van der Waals surface area contributed by atoms with Crippen LogP contribution >= 0.6 is 0 Å². The van der Waals surface area contributed by atoms with Crippen molar-refractivity contribution in [3.05, 3.63) is 70.2 Å². The number of likely N-dealkylation sites (tertiary alicyclic amines) is 1. The summed E-state index contributed by atoms with van der Waals surface area (Å²) in [4.78, 5) is 24.6. The second kappa shape index (κ2) is 10.1. The number of rotatable bonds is 6. The van der Waals surface area contributed by atoms with Gasteiger partial charge in [-0.25, -0.2) is 18.7 Å². The summed E-state index contributed by atoms with van der Waals surface area (Å²) < 4.78 is 35.8. The summed E-state index contributed by atoms with van der Waals surface area (Å²) in [7, 11) is 2.09. The van der Waals surface area contributed by atoms with Crippen molar-refractivity contribution in [2.24, 2.45) is 7.05 Å². The van der Waals surface area contributed by atoms with Gasteiger partial charge in [0.1, 0.15) is 11.5 Å². The van der Waals surface area contributed by atoms with Gasteiger partial charge in [0, 0.05) is 62.9 Å². The second-order valence-electron chi connectivity index (χ2n) is 12.3. The number of nitrogens with zero attached hydrogens (tertiary/aromatic N) is 4. The maximum atomic E-state index is 14.0. The SMILES string of the molecule is Cn1c2c(c3c(-c4ccc(Nc5ccc([C@H]6CCOC6)c(CN6CCC(F)(F)C6)n5)c5c4CNC5=O)ccnc31)CCC2. The monoisotopic (exact) mass is 584 g/mol. The molecule has 4 aromatic rings. The minimum Gasteiger partial charge on any atom is -0.381 e. The lowest BCUT2D eigenvalue weighted by Crippen LogP contribution is -2.26. The molecule has 3 aromatic heterocycles. The Morgan fingerprint density at radius 2 is 2.05 bits per heavy atom. The molecule has 10 heteroatoms. The number of fused-ring (bicyclic) bond motifs is 4. The summed E-state index contributed by atoms with van der Waals surface area (Å²) in [6, 6.07) is 10.1. The van der Waals surface area contributed by atoms with E-state index < -0.39 is 5.92 Å². The molecule has 0 unspecified atom stereocenters. The highest BCUT2D eigenvalue weighted by Crippen LogP contribution is 2.42. The summed E-state index contributed by atoms with van der Waals surface area (Å²) in [6.45, 7) is 2.19. The fraction of sp³-hybridized carbons (Fsp3) is 0.424. The molecule has 8 rings (SSSR count). The first-order chi connectivity index (χ1) is 20.9. The van der Waals surface area contributed by atoms with Gasteiger partial charge in [-0.1, -0.05) is 12.1 Å². The molecule has 0 bridgehead atoms. The number of aryl methyl sites for hydroxylation is 2. The Bertz CT molecular complexity index is 1780. The van der Waals surface area contributed by atoms with Crippen LogP contribution in [-0.4, -0.2) is 57.6 Å². The Kier molecular flexibility index (Phi) is 6.27. The van der Waals surface area contributed by atoms with Crippen molar-refractivity contribution in [1.29, 1.82) is 0 Å². The van der Waals surface area contributed by atoms with E-state index in [4.69, 9.17) is 14.7 Å². The van der Waals surface area contributed by atoms with Gasteiger partial charge in [-0.3, -0.25) is 9.69 Å². The second-order valence-corrected chi connectivity index (χ2v) is 12.3. The molecule has 1 atom stereocenters. The van der Waals surface area contributed by atoms with E-state index in [1.807, 2.05) is 24.4 Å². The van der Waals surface area contributed by atoms with Crippen molar-refractivity contribution in [2.75, 3.05) is 31.6 Å². The van der Waals surface area contributed by atoms with Crippen molar-refractivity contribution < 1.29 is 18.3 Å². The highest BCUT2D eigenvalue weighted by atomic mass is 19.3. The molecular weight excluding hydrogens is 550 g/mol. The molecule has 3 aliphatic heterocycles. The fourth-order valence-corrected chi connectivity index (χ4v) is 7.58. The molecule has 2 fully saturated rings.